The Balaban J connectivity index is 1.89. The van der Waals surface area contributed by atoms with Crippen LogP contribution in [0.5, 0.6) is 0 Å². The van der Waals surface area contributed by atoms with Crippen molar-refractivity contribution < 1.29 is 0 Å². The zero-order chi connectivity index (χ0) is 9.69. The Hall–Kier alpha value is -0.300. The molecule has 1 N–H and O–H groups in total. The summed E-state index contributed by atoms with van der Waals surface area (Å²) in [5.41, 5.74) is 2.47. The second-order valence-electron chi connectivity index (χ2n) is 5.98. The van der Waals surface area contributed by atoms with Gasteiger partial charge in [0.15, 0.2) is 0 Å². The van der Waals surface area contributed by atoms with Crippen molar-refractivity contribution in [3.63, 3.8) is 0 Å². The lowest BCUT2D eigenvalue weighted by Gasteiger charge is -2.56. The van der Waals surface area contributed by atoms with E-state index in [9.17, 15) is 0 Å². The molecular weight excluding hydrogens is 158 g/mol. The molecule has 1 heterocycles. The summed E-state index contributed by atoms with van der Waals surface area (Å²) in [5, 5.41) is 3.37. The summed E-state index contributed by atoms with van der Waals surface area (Å²) in [4.78, 5) is 0. The van der Waals surface area contributed by atoms with Crippen molar-refractivity contribution in [2.24, 2.45) is 16.7 Å². The van der Waals surface area contributed by atoms with E-state index < -0.39 is 0 Å². The third-order valence-corrected chi connectivity index (χ3v) is 3.81. The van der Waals surface area contributed by atoms with E-state index in [0.717, 1.165) is 5.92 Å². The average molecular weight is 179 g/mol. The lowest BCUT2D eigenvalue weighted by Crippen LogP contribution is -2.60. The lowest BCUT2D eigenvalue weighted by atomic mass is 9.54. The van der Waals surface area contributed by atoms with Crippen LogP contribution in [0.25, 0.3) is 0 Å². The van der Waals surface area contributed by atoms with E-state index in [-0.39, 0.29) is 0 Å². The van der Waals surface area contributed by atoms with Crippen LogP contribution in [-0.2, 0) is 0 Å². The highest BCUT2D eigenvalue weighted by Crippen LogP contribution is 2.53. The van der Waals surface area contributed by atoms with Gasteiger partial charge in [-0.15, -0.1) is 0 Å². The molecule has 2 fully saturated rings. The van der Waals surface area contributed by atoms with E-state index in [4.69, 9.17) is 0 Å². The molecule has 0 aromatic heterocycles. The highest BCUT2D eigenvalue weighted by atomic mass is 15.0. The molecule has 1 spiro atoms. The van der Waals surface area contributed by atoms with Crippen molar-refractivity contribution in [1.29, 1.82) is 0 Å². The molecule has 0 unspecified atom stereocenters. The first-order chi connectivity index (χ1) is 5.93. The molecule has 2 aliphatic rings. The summed E-state index contributed by atoms with van der Waals surface area (Å²) in [6, 6.07) is 0. The topological polar surface area (TPSA) is 12.0 Å². The zero-order valence-electron chi connectivity index (χ0n) is 9.11. The van der Waals surface area contributed by atoms with Gasteiger partial charge < -0.3 is 5.32 Å². The van der Waals surface area contributed by atoms with Crippen molar-refractivity contribution in [2.45, 2.75) is 33.6 Å². The first-order valence-electron chi connectivity index (χ1n) is 5.33. The average Bonchev–Trinajstić information content (AvgIpc) is 1.78. The Labute approximate surface area is 81.6 Å². The van der Waals surface area contributed by atoms with Gasteiger partial charge in [0.2, 0.25) is 0 Å². The molecule has 0 aromatic carbocycles. The Bertz CT molecular complexity index is 222. The quantitative estimate of drug-likeness (QED) is 0.610. The minimum atomic E-state index is 0.309. The summed E-state index contributed by atoms with van der Waals surface area (Å²) < 4.78 is 0. The largest absolute Gasteiger partial charge is 0.316 e. The Morgan fingerprint density at radius 3 is 2.15 bits per heavy atom. The second-order valence-corrected chi connectivity index (χ2v) is 5.98. The monoisotopic (exact) mass is 179 g/mol. The number of hydrogen-bond donors (Lipinski definition) is 1. The Morgan fingerprint density at radius 2 is 1.85 bits per heavy atom. The van der Waals surface area contributed by atoms with Crippen LogP contribution in [0.15, 0.2) is 12.2 Å². The molecule has 1 heteroatoms. The van der Waals surface area contributed by atoms with Gasteiger partial charge in [0.1, 0.15) is 0 Å². The van der Waals surface area contributed by atoms with E-state index in [1.54, 1.807) is 0 Å². The van der Waals surface area contributed by atoms with Crippen LogP contribution >= 0.6 is 0 Å². The van der Waals surface area contributed by atoms with Crippen LogP contribution in [0.2, 0.25) is 0 Å². The first-order valence-corrected chi connectivity index (χ1v) is 5.33. The molecule has 0 aromatic rings. The molecule has 13 heavy (non-hydrogen) atoms. The summed E-state index contributed by atoms with van der Waals surface area (Å²) in [6.07, 6.45) is 2.77. The van der Waals surface area contributed by atoms with Gasteiger partial charge in [0.25, 0.3) is 0 Å². The van der Waals surface area contributed by atoms with E-state index in [1.165, 1.54) is 31.5 Å². The summed E-state index contributed by atoms with van der Waals surface area (Å²) >= 11 is 0. The fourth-order valence-corrected chi connectivity index (χ4v) is 2.61. The van der Waals surface area contributed by atoms with Gasteiger partial charge in [-0.1, -0.05) is 32.9 Å². The lowest BCUT2D eigenvalue weighted by molar-refractivity contribution is 0.0105. The standard InChI is InChI=1S/C12H21N/c1-9(11(2,3)4)10-5-12(6-10)7-13-8-12/h10,13H,1,5-8H2,2-4H3. The van der Waals surface area contributed by atoms with Crippen molar-refractivity contribution in [1.82, 2.24) is 5.32 Å². The molecular formula is C12H21N. The number of nitrogens with one attached hydrogen (secondary N) is 1. The van der Waals surface area contributed by atoms with Crippen LogP contribution in [-0.4, -0.2) is 13.1 Å². The molecule has 1 saturated heterocycles. The maximum absolute atomic E-state index is 4.25. The van der Waals surface area contributed by atoms with E-state index in [1.807, 2.05) is 0 Å². The highest BCUT2D eigenvalue weighted by Gasteiger charge is 2.49. The van der Waals surface area contributed by atoms with Crippen LogP contribution in [0, 0.1) is 16.7 Å². The van der Waals surface area contributed by atoms with Crippen LogP contribution in [0.3, 0.4) is 0 Å². The smallest absolute Gasteiger partial charge is 0.00207 e. The van der Waals surface area contributed by atoms with Gasteiger partial charge in [-0.25, -0.2) is 0 Å². The van der Waals surface area contributed by atoms with Gasteiger partial charge in [-0.05, 0) is 29.6 Å². The van der Waals surface area contributed by atoms with Crippen molar-refractivity contribution in [3.05, 3.63) is 12.2 Å². The van der Waals surface area contributed by atoms with Gasteiger partial charge in [-0.2, -0.15) is 0 Å². The number of rotatable bonds is 1. The Kier molecular flexibility index (Phi) is 1.85. The predicted molar refractivity (Wildman–Crippen MR) is 56.6 cm³/mol. The Morgan fingerprint density at radius 1 is 1.31 bits per heavy atom. The SMILES string of the molecule is C=C(C1CC2(CNC2)C1)C(C)(C)C. The fourth-order valence-electron chi connectivity index (χ4n) is 2.61. The molecule has 1 aliphatic heterocycles. The minimum Gasteiger partial charge on any atom is -0.316 e. The van der Waals surface area contributed by atoms with E-state index in [0.29, 0.717) is 10.8 Å². The highest BCUT2D eigenvalue weighted by molar-refractivity contribution is 5.18. The van der Waals surface area contributed by atoms with Crippen LogP contribution < -0.4 is 5.32 Å². The molecule has 0 atom stereocenters. The van der Waals surface area contributed by atoms with Gasteiger partial charge >= 0.3 is 0 Å². The van der Waals surface area contributed by atoms with Gasteiger partial charge in [0, 0.05) is 13.1 Å². The molecule has 74 valence electrons. The number of allylic oxidation sites excluding steroid dienone is 1. The summed E-state index contributed by atoms with van der Waals surface area (Å²) in [6.45, 7) is 13.6. The molecule has 1 saturated carbocycles. The third kappa shape index (κ3) is 1.43. The molecule has 1 aliphatic carbocycles. The summed E-state index contributed by atoms with van der Waals surface area (Å²) in [5.74, 6) is 0.807. The van der Waals surface area contributed by atoms with Crippen molar-refractivity contribution in [2.75, 3.05) is 13.1 Å². The minimum absolute atomic E-state index is 0.309. The normalized spacial score (nSPS) is 26.7. The first kappa shape index (κ1) is 9.26. The zero-order valence-corrected chi connectivity index (χ0v) is 9.11. The van der Waals surface area contributed by atoms with Crippen LogP contribution in [0.1, 0.15) is 33.6 Å². The molecule has 0 amide bonds. The van der Waals surface area contributed by atoms with Crippen molar-refractivity contribution >= 4 is 0 Å². The molecule has 2 rings (SSSR count). The van der Waals surface area contributed by atoms with E-state index in [2.05, 4.69) is 32.7 Å². The van der Waals surface area contributed by atoms with Crippen LogP contribution in [0.4, 0.5) is 0 Å². The molecule has 0 bridgehead atoms. The maximum Gasteiger partial charge on any atom is 0.00207 e. The number of hydrogen-bond acceptors (Lipinski definition) is 1. The third-order valence-electron chi connectivity index (χ3n) is 3.81. The fraction of sp³-hybridized carbons (Fsp3) is 0.833. The van der Waals surface area contributed by atoms with Gasteiger partial charge in [0.05, 0.1) is 0 Å². The maximum atomic E-state index is 4.25. The second kappa shape index (κ2) is 2.60. The van der Waals surface area contributed by atoms with E-state index >= 15 is 0 Å². The van der Waals surface area contributed by atoms with Crippen molar-refractivity contribution in [3.8, 4) is 0 Å². The molecule has 0 radical (unpaired) electrons. The predicted octanol–water partition coefficient (Wildman–Crippen LogP) is 2.59. The van der Waals surface area contributed by atoms with Gasteiger partial charge in [-0.3, -0.25) is 0 Å². The summed E-state index contributed by atoms with van der Waals surface area (Å²) in [7, 11) is 0. The molecule has 1 nitrogen and oxygen atoms in total.